The Bertz CT molecular complexity index is 695. The molecule has 0 radical (unpaired) electrons. The Morgan fingerprint density at radius 1 is 1.26 bits per heavy atom. The Labute approximate surface area is 105 Å². The van der Waals surface area contributed by atoms with E-state index in [0.29, 0.717) is 5.82 Å². The number of hydrogen-bond acceptors (Lipinski definition) is 5. The third kappa shape index (κ3) is 2.32. The van der Waals surface area contributed by atoms with Crippen LogP contribution in [0.4, 0.5) is 8.78 Å². The molecule has 2 aromatic heterocycles. The molecule has 1 N–H and O–H groups in total. The number of aromatic nitrogens is 5. The zero-order valence-corrected chi connectivity index (χ0v) is 9.47. The fourth-order valence-electron chi connectivity index (χ4n) is 1.56. The van der Waals surface area contributed by atoms with Gasteiger partial charge in [0.2, 0.25) is 11.7 Å². The van der Waals surface area contributed by atoms with Gasteiger partial charge in [-0.15, -0.1) is 0 Å². The third-order valence-corrected chi connectivity index (χ3v) is 2.45. The molecule has 0 aliphatic carbocycles. The third-order valence-electron chi connectivity index (χ3n) is 2.45. The van der Waals surface area contributed by atoms with Crippen molar-refractivity contribution in [2.75, 3.05) is 0 Å². The van der Waals surface area contributed by atoms with Crippen molar-refractivity contribution in [1.82, 2.24) is 25.3 Å². The van der Waals surface area contributed by atoms with E-state index in [1.807, 2.05) is 0 Å². The van der Waals surface area contributed by atoms with Crippen molar-refractivity contribution in [2.45, 2.75) is 6.42 Å². The number of nitrogens with zero attached hydrogens (tertiary/aromatic N) is 4. The molecule has 0 unspecified atom stereocenters. The van der Waals surface area contributed by atoms with Gasteiger partial charge in [-0.3, -0.25) is 5.10 Å². The van der Waals surface area contributed by atoms with Crippen LogP contribution >= 0.6 is 0 Å². The fourth-order valence-corrected chi connectivity index (χ4v) is 1.56. The van der Waals surface area contributed by atoms with Crippen LogP contribution in [0.15, 0.2) is 29.0 Å². The molecule has 0 saturated carbocycles. The summed E-state index contributed by atoms with van der Waals surface area (Å²) in [5.74, 6) is -0.491. The molecule has 0 amide bonds. The summed E-state index contributed by atoms with van der Waals surface area (Å²) >= 11 is 0. The molecule has 0 spiro atoms. The first-order valence-electron chi connectivity index (χ1n) is 5.34. The van der Waals surface area contributed by atoms with Gasteiger partial charge in [0.1, 0.15) is 18.0 Å². The minimum Gasteiger partial charge on any atom is -0.338 e. The highest BCUT2D eigenvalue weighted by molar-refractivity contribution is 5.39. The van der Waals surface area contributed by atoms with Crippen LogP contribution in [0, 0.1) is 11.6 Å². The summed E-state index contributed by atoms with van der Waals surface area (Å²) in [6, 6.07) is 3.32. The summed E-state index contributed by atoms with van der Waals surface area (Å²) in [5, 5.41) is 9.92. The average Bonchev–Trinajstić information content (AvgIpc) is 3.03. The van der Waals surface area contributed by atoms with Crippen LogP contribution in [0.2, 0.25) is 0 Å². The summed E-state index contributed by atoms with van der Waals surface area (Å²) in [6.45, 7) is 0. The number of H-pyrrole nitrogens is 1. The van der Waals surface area contributed by atoms with E-state index < -0.39 is 11.6 Å². The quantitative estimate of drug-likeness (QED) is 0.778. The average molecular weight is 263 g/mol. The van der Waals surface area contributed by atoms with Crippen LogP contribution < -0.4 is 0 Å². The Morgan fingerprint density at radius 3 is 2.89 bits per heavy atom. The number of rotatable bonds is 3. The summed E-state index contributed by atoms with van der Waals surface area (Å²) in [5.41, 5.74) is 0.272. The van der Waals surface area contributed by atoms with E-state index in [0.717, 1.165) is 6.07 Å². The number of halogens is 2. The summed E-state index contributed by atoms with van der Waals surface area (Å²) in [7, 11) is 0. The van der Waals surface area contributed by atoms with Gasteiger partial charge in [-0.1, -0.05) is 11.2 Å². The lowest BCUT2D eigenvalue weighted by atomic mass is 10.1. The van der Waals surface area contributed by atoms with Crippen LogP contribution in [-0.4, -0.2) is 25.3 Å². The monoisotopic (exact) mass is 263 g/mol. The highest BCUT2D eigenvalue weighted by Gasteiger charge is 2.13. The van der Waals surface area contributed by atoms with Gasteiger partial charge in [0.05, 0.1) is 6.42 Å². The lowest BCUT2D eigenvalue weighted by Crippen LogP contribution is -1.94. The topological polar surface area (TPSA) is 80.5 Å². The Kier molecular flexibility index (Phi) is 2.75. The van der Waals surface area contributed by atoms with Crippen LogP contribution in [0.1, 0.15) is 11.5 Å². The number of hydrogen-bond donors (Lipinski definition) is 1. The van der Waals surface area contributed by atoms with Gasteiger partial charge < -0.3 is 4.52 Å². The first-order chi connectivity index (χ1) is 9.22. The van der Waals surface area contributed by atoms with E-state index in [2.05, 4.69) is 25.3 Å². The first-order valence-corrected chi connectivity index (χ1v) is 5.34. The van der Waals surface area contributed by atoms with Gasteiger partial charge in [0.15, 0.2) is 5.82 Å². The van der Waals surface area contributed by atoms with Crippen molar-refractivity contribution in [1.29, 1.82) is 0 Å². The molecular weight excluding hydrogens is 256 g/mol. The Hall–Kier alpha value is -2.64. The lowest BCUT2D eigenvalue weighted by molar-refractivity contribution is 0.384. The molecule has 2 heterocycles. The second-order valence-corrected chi connectivity index (χ2v) is 3.76. The number of nitrogens with one attached hydrogen (secondary N) is 1. The molecule has 6 nitrogen and oxygen atoms in total. The zero-order valence-electron chi connectivity index (χ0n) is 9.47. The predicted molar refractivity (Wildman–Crippen MR) is 58.8 cm³/mol. The van der Waals surface area contributed by atoms with E-state index in [1.54, 1.807) is 0 Å². The molecule has 3 rings (SSSR count). The molecule has 19 heavy (non-hydrogen) atoms. The zero-order chi connectivity index (χ0) is 13.2. The van der Waals surface area contributed by atoms with Crippen LogP contribution in [0.5, 0.6) is 0 Å². The van der Waals surface area contributed by atoms with E-state index in [9.17, 15) is 8.78 Å². The smallest absolute Gasteiger partial charge is 0.239 e. The van der Waals surface area contributed by atoms with Gasteiger partial charge in [-0.2, -0.15) is 10.1 Å². The largest absolute Gasteiger partial charge is 0.338 e. The van der Waals surface area contributed by atoms with E-state index >= 15 is 0 Å². The first kappa shape index (κ1) is 11.5. The summed E-state index contributed by atoms with van der Waals surface area (Å²) in [4.78, 5) is 7.90. The van der Waals surface area contributed by atoms with Gasteiger partial charge in [-0.25, -0.2) is 13.8 Å². The molecule has 1 aromatic carbocycles. The van der Waals surface area contributed by atoms with Gasteiger partial charge in [0.25, 0.3) is 0 Å². The van der Waals surface area contributed by atoms with Crippen LogP contribution in [-0.2, 0) is 6.42 Å². The molecule has 0 fully saturated rings. The fraction of sp³-hybridized carbons (Fsp3) is 0.0909. The maximum absolute atomic E-state index is 13.5. The van der Waals surface area contributed by atoms with E-state index in [1.165, 1.54) is 18.5 Å². The van der Waals surface area contributed by atoms with E-state index in [4.69, 9.17) is 4.52 Å². The summed E-state index contributed by atoms with van der Waals surface area (Å²) < 4.78 is 31.2. The Balaban J connectivity index is 1.84. The highest BCUT2D eigenvalue weighted by atomic mass is 19.1. The molecule has 96 valence electrons. The Morgan fingerprint density at radius 2 is 2.16 bits per heavy atom. The van der Waals surface area contributed by atoms with Crippen LogP contribution in [0.3, 0.4) is 0 Å². The minimum absolute atomic E-state index is 0.0766. The van der Waals surface area contributed by atoms with Gasteiger partial charge in [-0.05, 0) is 11.6 Å². The normalized spacial score (nSPS) is 10.8. The van der Waals surface area contributed by atoms with E-state index in [-0.39, 0.29) is 23.7 Å². The van der Waals surface area contributed by atoms with Crippen molar-refractivity contribution in [3.05, 3.63) is 47.6 Å². The van der Waals surface area contributed by atoms with Gasteiger partial charge in [0, 0.05) is 6.07 Å². The standard InChI is InChI=1S/C11H7F2N5O/c12-7-2-1-6(8(13)4-7)3-9-16-11(18-19-9)10-14-5-15-17-10/h1-2,4-5H,3H2,(H,14,15,17). The molecule has 8 heteroatoms. The molecule has 0 aliphatic heterocycles. The van der Waals surface area contributed by atoms with Crippen molar-refractivity contribution in [2.24, 2.45) is 0 Å². The SMILES string of the molecule is Fc1ccc(Cc2nc(-c3ncn[nH]3)no2)c(F)c1. The second-order valence-electron chi connectivity index (χ2n) is 3.76. The van der Waals surface area contributed by atoms with Crippen molar-refractivity contribution < 1.29 is 13.3 Å². The molecule has 0 aliphatic rings. The highest BCUT2D eigenvalue weighted by Crippen LogP contribution is 2.15. The maximum Gasteiger partial charge on any atom is 0.239 e. The molecule has 0 saturated heterocycles. The molecular formula is C11H7F2N5O. The number of aromatic amines is 1. The molecule has 3 aromatic rings. The second kappa shape index (κ2) is 4.56. The minimum atomic E-state index is -0.653. The predicted octanol–water partition coefficient (Wildman–Crippen LogP) is 1.72. The maximum atomic E-state index is 13.5. The lowest BCUT2D eigenvalue weighted by Gasteiger charge is -1.98. The van der Waals surface area contributed by atoms with Gasteiger partial charge >= 0.3 is 0 Å². The van der Waals surface area contributed by atoms with Crippen molar-refractivity contribution >= 4 is 0 Å². The van der Waals surface area contributed by atoms with Crippen molar-refractivity contribution in [3.63, 3.8) is 0 Å². The van der Waals surface area contributed by atoms with Crippen LogP contribution in [0.25, 0.3) is 11.6 Å². The molecule has 0 atom stereocenters. The van der Waals surface area contributed by atoms with Crippen molar-refractivity contribution in [3.8, 4) is 11.6 Å². The number of benzene rings is 1. The molecule has 0 bridgehead atoms. The summed E-state index contributed by atoms with van der Waals surface area (Å²) in [6.07, 6.45) is 1.39.